The number of halogens is 1. The standard InChI is InChI=1S/C19H29BrO/c1-18(2,3)16-8-10-17(11-9-16)21-15-19(14-20)12-6-4-5-7-13-19/h8-11H,4-7,12-15H2,1-3H3. The van der Waals surface area contributed by atoms with Crippen LogP contribution >= 0.6 is 15.9 Å². The normalized spacial score (nSPS) is 19.0. The molecule has 0 atom stereocenters. The van der Waals surface area contributed by atoms with Crippen molar-refractivity contribution in [1.82, 2.24) is 0 Å². The molecule has 1 fully saturated rings. The van der Waals surface area contributed by atoms with Gasteiger partial charge in [-0.05, 0) is 36.0 Å². The molecule has 0 aromatic heterocycles. The minimum atomic E-state index is 0.205. The van der Waals surface area contributed by atoms with E-state index in [1.54, 1.807) is 0 Å². The summed E-state index contributed by atoms with van der Waals surface area (Å²) in [6, 6.07) is 8.64. The summed E-state index contributed by atoms with van der Waals surface area (Å²) < 4.78 is 6.13. The Morgan fingerprint density at radius 1 is 1.00 bits per heavy atom. The lowest BCUT2D eigenvalue weighted by Gasteiger charge is -2.30. The third-order valence-electron chi connectivity index (χ3n) is 4.71. The van der Waals surface area contributed by atoms with Crippen LogP contribution in [-0.4, -0.2) is 11.9 Å². The molecule has 21 heavy (non-hydrogen) atoms. The molecule has 0 spiro atoms. The summed E-state index contributed by atoms with van der Waals surface area (Å²) in [5, 5.41) is 1.06. The Morgan fingerprint density at radius 3 is 2.05 bits per heavy atom. The molecule has 1 nitrogen and oxygen atoms in total. The van der Waals surface area contributed by atoms with Crippen LogP contribution in [0.4, 0.5) is 0 Å². The Kier molecular flexibility index (Phi) is 5.76. The number of benzene rings is 1. The predicted octanol–water partition coefficient (Wildman–Crippen LogP) is 6.10. The lowest BCUT2D eigenvalue weighted by atomic mass is 9.83. The average molecular weight is 353 g/mol. The van der Waals surface area contributed by atoms with Crippen LogP contribution in [-0.2, 0) is 5.41 Å². The maximum Gasteiger partial charge on any atom is 0.119 e. The smallest absolute Gasteiger partial charge is 0.119 e. The molecule has 1 aliphatic rings. The van der Waals surface area contributed by atoms with Gasteiger partial charge in [0.1, 0.15) is 5.75 Å². The van der Waals surface area contributed by atoms with Crippen molar-refractivity contribution >= 4 is 15.9 Å². The zero-order chi connectivity index (χ0) is 15.3. The maximum absolute atomic E-state index is 6.13. The van der Waals surface area contributed by atoms with E-state index in [2.05, 4.69) is 61.0 Å². The lowest BCUT2D eigenvalue weighted by Crippen LogP contribution is -2.30. The predicted molar refractivity (Wildman–Crippen MR) is 94.6 cm³/mol. The fourth-order valence-electron chi connectivity index (χ4n) is 3.08. The molecule has 118 valence electrons. The van der Waals surface area contributed by atoms with Crippen LogP contribution in [0.2, 0.25) is 0 Å². The third kappa shape index (κ3) is 4.74. The van der Waals surface area contributed by atoms with Gasteiger partial charge in [-0.15, -0.1) is 0 Å². The largest absolute Gasteiger partial charge is 0.493 e. The van der Waals surface area contributed by atoms with E-state index in [0.29, 0.717) is 5.41 Å². The molecular formula is C19H29BrO. The van der Waals surface area contributed by atoms with Gasteiger partial charge >= 0.3 is 0 Å². The third-order valence-corrected chi connectivity index (χ3v) is 5.90. The van der Waals surface area contributed by atoms with Crippen LogP contribution in [0.1, 0.15) is 64.9 Å². The SMILES string of the molecule is CC(C)(C)c1ccc(OCC2(CBr)CCCCCC2)cc1. The molecule has 0 N–H and O–H groups in total. The monoisotopic (exact) mass is 352 g/mol. The average Bonchev–Trinajstić information content (AvgIpc) is 2.71. The van der Waals surface area contributed by atoms with Gasteiger partial charge in [0.2, 0.25) is 0 Å². The zero-order valence-corrected chi connectivity index (χ0v) is 15.3. The van der Waals surface area contributed by atoms with E-state index in [1.807, 2.05) is 0 Å². The van der Waals surface area contributed by atoms with Gasteiger partial charge in [-0.1, -0.05) is 74.5 Å². The van der Waals surface area contributed by atoms with E-state index >= 15 is 0 Å². The molecule has 0 saturated heterocycles. The molecule has 0 amide bonds. The van der Waals surface area contributed by atoms with E-state index < -0.39 is 0 Å². The van der Waals surface area contributed by atoms with Crippen LogP contribution in [0.3, 0.4) is 0 Å². The van der Waals surface area contributed by atoms with Crippen molar-refractivity contribution in [1.29, 1.82) is 0 Å². The van der Waals surface area contributed by atoms with Crippen molar-refractivity contribution in [3.05, 3.63) is 29.8 Å². The van der Waals surface area contributed by atoms with E-state index in [9.17, 15) is 0 Å². The molecule has 1 saturated carbocycles. The molecular weight excluding hydrogens is 324 g/mol. The molecule has 1 aromatic rings. The number of ether oxygens (including phenoxy) is 1. The lowest BCUT2D eigenvalue weighted by molar-refractivity contribution is 0.149. The minimum absolute atomic E-state index is 0.205. The number of hydrogen-bond acceptors (Lipinski definition) is 1. The van der Waals surface area contributed by atoms with Crippen LogP contribution in [0.15, 0.2) is 24.3 Å². The van der Waals surface area contributed by atoms with Crippen molar-refractivity contribution in [2.75, 3.05) is 11.9 Å². The topological polar surface area (TPSA) is 9.23 Å². The fraction of sp³-hybridized carbons (Fsp3) is 0.684. The van der Waals surface area contributed by atoms with Gasteiger partial charge in [-0.3, -0.25) is 0 Å². The molecule has 0 bridgehead atoms. The molecule has 0 unspecified atom stereocenters. The summed E-state index contributed by atoms with van der Waals surface area (Å²) in [4.78, 5) is 0. The number of hydrogen-bond donors (Lipinski definition) is 0. The second-order valence-corrected chi connectivity index (χ2v) is 8.17. The summed E-state index contributed by atoms with van der Waals surface area (Å²) in [6.07, 6.45) is 8.04. The first-order valence-electron chi connectivity index (χ1n) is 8.25. The van der Waals surface area contributed by atoms with Crippen LogP contribution < -0.4 is 4.74 Å². The minimum Gasteiger partial charge on any atom is -0.493 e. The highest BCUT2D eigenvalue weighted by Crippen LogP contribution is 2.37. The van der Waals surface area contributed by atoms with Gasteiger partial charge < -0.3 is 4.74 Å². The van der Waals surface area contributed by atoms with E-state index in [1.165, 1.54) is 44.1 Å². The highest BCUT2D eigenvalue weighted by atomic mass is 79.9. The number of alkyl halides is 1. The van der Waals surface area contributed by atoms with Gasteiger partial charge in [0.25, 0.3) is 0 Å². The van der Waals surface area contributed by atoms with Gasteiger partial charge in [-0.25, -0.2) is 0 Å². The second-order valence-electron chi connectivity index (χ2n) is 7.61. The summed E-state index contributed by atoms with van der Waals surface area (Å²) in [6.45, 7) is 7.57. The van der Waals surface area contributed by atoms with E-state index in [0.717, 1.165) is 17.7 Å². The van der Waals surface area contributed by atoms with Crippen molar-refractivity contribution < 1.29 is 4.74 Å². The summed E-state index contributed by atoms with van der Waals surface area (Å²) in [7, 11) is 0. The quantitative estimate of drug-likeness (QED) is 0.469. The Labute approximate surface area is 138 Å². The van der Waals surface area contributed by atoms with Crippen molar-refractivity contribution in [3.8, 4) is 5.75 Å². The highest BCUT2D eigenvalue weighted by Gasteiger charge is 2.30. The van der Waals surface area contributed by atoms with Gasteiger partial charge in [0.05, 0.1) is 6.61 Å². The molecule has 2 rings (SSSR count). The first kappa shape index (κ1) is 16.9. The second kappa shape index (κ2) is 7.17. The Bertz CT molecular complexity index is 422. The Hall–Kier alpha value is -0.500. The first-order chi connectivity index (χ1) is 9.95. The van der Waals surface area contributed by atoms with E-state index in [4.69, 9.17) is 4.74 Å². The maximum atomic E-state index is 6.13. The van der Waals surface area contributed by atoms with Crippen molar-refractivity contribution in [2.24, 2.45) is 5.41 Å². The molecule has 0 heterocycles. The van der Waals surface area contributed by atoms with Crippen LogP contribution in [0.5, 0.6) is 5.75 Å². The molecule has 2 heteroatoms. The summed E-state index contributed by atoms with van der Waals surface area (Å²) in [5.41, 5.74) is 1.90. The van der Waals surface area contributed by atoms with Crippen LogP contribution in [0.25, 0.3) is 0 Å². The van der Waals surface area contributed by atoms with Crippen molar-refractivity contribution in [2.45, 2.75) is 64.7 Å². The Balaban J connectivity index is 1.97. The molecule has 0 aliphatic heterocycles. The van der Waals surface area contributed by atoms with Gasteiger partial charge in [0, 0.05) is 10.7 Å². The van der Waals surface area contributed by atoms with E-state index in [-0.39, 0.29) is 5.41 Å². The summed E-state index contributed by atoms with van der Waals surface area (Å²) >= 11 is 3.73. The number of rotatable bonds is 4. The Morgan fingerprint density at radius 2 is 1.57 bits per heavy atom. The first-order valence-corrected chi connectivity index (χ1v) is 9.37. The fourth-order valence-corrected chi connectivity index (χ4v) is 3.81. The molecule has 0 radical (unpaired) electrons. The van der Waals surface area contributed by atoms with Gasteiger partial charge in [0.15, 0.2) is 0 Å². The van der Waals surface area contributed by atoms with Gasteiger partial charge in [-0.2, -0.15) is 0 Å². The zero-order valence-electron chi connectivity index (χ0n) is 13.8. The highest BCUT2D eigenvalue weighted by molar-refractivity contribution is 9.09. The molecule has 1 aliphatic carbocycles. The van der Waals surface area contributed by atoms with Crippen molar-refractivity contribution in [3.63, 3.8) is 0 Å². The van der Waals surface area contributed by atoms with Crippen LogP contribution in [0, 0.1) is 5.41 Å². The summed E-state index contributed by atoms with van der Waals surface area (Å²) in [5.74, 6) is 1.01. The molecule has 1 aromatic carbocycles.